The van der Waals surface area contributed by atoms with Crippen molar-refractivity contribution in [2.45, 2.75) is 79.6 Å². The third kappa shape index (κ3) is 9.50. The molecule has 0 spiro atoms. The molecule has 2 heteroatoms. The maximum atomic E-state index is 5.48. The summed E-state index contributed by atoms with van der Waals surface area (Å²) in [6.07, 6.45) is 7.12. The Labute approximate surface area is 162 Å². The average molecular weight is 357 g/mol. The molecule has 0 aliphatic heterocycles. The van der Waals surface area contributed by atoms with Gasteiger partial charge in [0.2, 0.25) is 0 Å². The molecule has 0 heterocycles. The number of anilines is 2. The lowest BCUT2D eigenvalue weighted by atomic mass is 9.84. The summed E-state index contributed by atoms with van der Waals surface area (Å²) in [6, 6.07) is 14.6. The van der Waals surface area contributed by atoms with Gasteiger partial charge in [-0.2, -0.15) is 0 Å². The Balaban J connectivity index is 0.000000422. The smallest absolute Gasteiger partial charge is 0.0337 e. The van der Waals surface area contributed by atoms with Crippen molar-refractivity contribution in [3.63, 3.8) is 0 Å². The summed E-state index contributed by atoms with van der Waals surface area (Å²) in [5, 5.41) is 0. The van der Waals surface area contributed by atoms with Crippen LogP contribution < -0.4 is 11.5 Å². The zero-order chi connectivity index (χ0) is 19.9. The van der Waals surface area contributed by atoms with Crippen molar-refractivity contribution >= 4 is 11.4 Å². The van der Waals surface area contributed by atoms with Crippen molar-refractivity contribution in [2.75, 3.05) is 11.5 Å². The SMILES string of the molecule is CC.CC.Cc1cc(N)cc(N)c1.Cc1ccc(C2CCCCC2)cc1. The largest absolute Gasteiger partial charge is 0.399 e. The van der Waals surface area contributed by atoms with Crippen LogP contribution in [0.15, 0.2) is 42.5 Å². The lowest BCUT2D eigenvalue weighted by Gasteiger charge is -2.21. The van der Waals surface area contributed by atoms with Crippen molar-refractivity contribution in [1.29, 1.82) is 0 Å². The molecule has 0 unspecified atom stereocenters. The molecule has 1 saturated carbocycles. The molecule has 3 rings (SSSR count). The van der Waals surface area contributed by atoms with Crippen LogP contribution >= 0.6 is 0 Å². The summed E-state index contributed by atoms with van der Waals surface area (Å²) >= 11 is 0. The van der Waals surface area contributed by atoms with Crippen LogP contribution in [-0.4, -0.2) is 0 Å². The molecular formula is C24H40N2. The fourth-order valence-electron chi connectivity index (χ4n) is 3.12. The topological polar surface area (TPSA) is 52.0 Å². The summed E-state index contributed by atoms with van der Waals surface area (Å²) in [7, 11) is 0. The van der Waals surface area contributed by atoms with Gasteiger partial charge in [0, 0.05) is 11.4 Å². The highest BCUT2D eigenvalue weighted by molar-refractivity contribution is 5.53. The lowest BCUT2D eigenvalue weighted by molar-refractivity contribution is 0.443. The Bertz CT molecular complexity index is 531. The average Bonchev–Trinajstić information content (AvgIpc) is 2.66. The minimum Gasteiger partial charge on any atom is -0.399 e. The zero-order valence-corrected chi connectivity index (χ0v) is 17.8. The molecule has 1 aliphatic carbocycles. The highest BCUT2D eigenvalue weighted by atomic mass is 14.6. The fraction of sp³-hybridized carbons (Fsp3) is 0.500. The van der Waals surface area contributed by atoms with Gasteiger partial charge in [-0.25, -0.2) is 0 Å². The Kier molecular flexibility index (Phi) is 13.2. The molecule has 26 heavy (non-hydrogen) atoms. The van der Waals surface area contributed by atoms with Gasteiger partial charge in [-0.15, -0.1) is 0 Å². The number of benzene rings is 2. The van der Waals surface area contributed by atoms with E-state index in [-0.39, 0.29) is 0 Å². The highest BCUT2D eigenvalue weighted by Crippen LogP contribution is 2.32. The molecule has 1 aliphatic rings. The summed E-state index contributed by atoms with van der Waals surface area (Å²) in [4.78, 5) is 0. The monoisotopic (exact) mass is 356 g/mol. The van der Waals surface area contributed by atoms with Crippen LogP contribution in [0.4, 0.5) is 11.4 Å². The van der Waals surface area contributed by atoms with Crippen LogP contribution in [0.5, 0.6) is 0 Å². The quantitative estimate of drug-likeness (QED) is 0.528. The van der Waals surface area contributed by atoms with Gasteiger partial charge in [0.15, 0.2) is 0 Å². The second-order valence-electron chi connectivity index (χ2n) is 6.42. The first kappa shape index (κ1) is 24.0. The van der Waals surface area contributed by atoms with Crippen molar-refractivity contribution in [3.05, 3.63) is 59.2 Å². The van der Waals surface area contributed by atoms with Gasteiger partial charge in [0.25, 0.3) is 0 Å². The van der Waals surface area contributed by atoms with Crippen LogP contribution in [0.1, 0.15) is 82.4 Å². The minimum absolute atomic E-state index is 0.729. The van der Waals surface area contributed by atoms with E-state index in [4.69, 9.17) is 11.5 Å². The maximum Gasteiger partial charge on any atom is 0.0337 e. The molecule has 0 bridgehead atoms. The third-order valence-electron chi connectivity index (χ3n) is 4.28. The first-order chi connectivity index (χ1) is 12.5. The molecule has 2 aromatic carbocycles. The normalized spacial score (nSPS) is 13.2. The molecular weight excluding hydrogens is 316 g/mol. The third-order valence-corrected chi connectivity index (χ3v) is 4.28. The van der Waals surface area contributed by atoms with Gasteiger partial charge in [-0.05, 0) is 61.9 Å². The van der Waals surface area contributed by atoms with Gasteiger partial charge < -0.3 is 11.5 Å². The zero-order valence-electron chi connectivity index (χ0n) is 17.8. The van der Waals surface area contributed by atoms with Crippen molar-refractivity contribution in [2.24, 2.45) is 0 Å². The summed E-state index contributed by atoms with van der Waals surface area (Å²) < 4.78 is 0. The Morgan fingerprint density at radius 2 is 1.12 bits per heavy atom. The number of aryl methyl sites for hydroxylation is 2. The van der Waals surface area contributed by atoms with E-state index >= 15 is 0 Å². The van der Waals surface area contributed by atoms with E-state index in [0.717, 1.165) is 22.9 Å². The number of nitrogen functional groups attached to an aromatic ring is 2. The van der Waals surface area contributed by atoms with Crippen LogP contribution in [0.3, 0.4) is 0 Å². The minimum atomic E-state index is 0.729. The van der Waals surface area contributed by atoms with E-state index in [1.54, 1.807) is 11.6 Å². The van der Waals surface area contributed by atoms with E-state index in [9.17, 15) is 0 Å². The Morgan fingerprint density at radius 3 is 1.54 bits per heavy atom. The Hall–Kier alpha value is -1.96. The first-order valence-electron chi connectivity index (χ1n) is 10.2. The number of hydrogen-bond donors (Lipinski definition) is 2. The van der Waals surface area contributed by atoms with E-state index < -0.39 is 0 Å². The van der Waals surface area contributed by atoms with Crippen LogP contribution in [0, 0.1) is 13.8 Å². The second kappa shape index (κ2) is 14.2. The van der Waals surface area contributed by atoms with Gasteiger partial charge in [0.1, 0.15) is 0 Å². The molecule has 0 aromatic heterocycles. The van der Waals surface area contributed by atoms with Crippen molar-refractivity contribution in [1.82, 2.24) is 0 Å². The van der Waals surface area contributed by atoms with Gasteiger partial charge in [0.05, 0.1) is 0 Å². The highest BCUT2D eigenvalue weighted by Gasteiger charge is 2.14. The van der Waals surface area contributed by atoms with Gasteiger partial charge in [-0.1, -0.05) is 76.8 Å². The van der Waals surface area contributed by atoms with Crippen LogP contribution in [-0.2, 0) is 0 Å². The van der Waals surface area contributed by atoms with E-state index in [1.165, 1.54) is 37.7 Å². The number of hydrogen-bond acceptors (Lipinski definition) is 2. The standard InChI is InChI=1S/C13H18.C7H10N2.2C2H6/c1-11-7-9-13(10-8-11)12-5-3-2-4-6-12;1-5-2-6(8)4-7(9)3-5;2*1-2/h7-10,12H,2-6H2,1H3;2-4H,8-9H2,1H3;2*1-2H3. The molecule has 0 saturated heterocycles. The molecule has 4 N–H and O–H groups in total. The van der Waals surface area contributed by atoms with Crippen LogP contribution in [0.2, 0.25) is 0 Å². The summed E-state index contributed by atoms with van der Waals surface area (Å²) in [6.45, 7) is 12.1. The predicted octanol–water partition coefficient (Wildman–Crippen LogP) is 7.25. The van der Waals surface area contributed by atoms with Crippen molar-refractivity contribution in [3.8, 4) is 0 Å². The lowest BCUT2D eigenvalue weighted by Crippen LogP contribution is -2.04. The van der Waals surface area contributed by atoms with Gasteiger partial charge in [-0.3, -0.25) is 0 Å². The second-order valence-corrected chi connectivity index (χ2v) is 6.42. The molecule has 2 nitrogen and oxygen atoms in total. The fourth-order valence-corrected chi connectivity index (χ4v) is 3.12. The maximum absolute atomic E-state index is 5.48. The first-order valence-corrected chi connectivity index (χ1v) is 10.2. The number of nitrogens with two attached hydrogens (primary N) is 2. The molecule has 0 amide bonds. The van der Waals surface area contributed by atoms with Crippen LogP contribution in [0.25, 0.3) is 0 Å². The van der Waals surface area contributed by atoms with E-state index in [2.05, 4.69) is 31.2 Å². The summed E-state index contributed by atoms with van der Waals surface area (Å²) in [5.74, 6) is 0.856. The van der Waals surface area contributed by atoms with Gasteiger partial charge >= 0.3 is 0 Å². The summed E-state index contributed by atoms with van der Waals surface area (Å²) in [5.41, 5.74) is 16.5. The van der Waals surface area contributed by atoms with E-state index in [0.29, 0.717) is 0 Å². The molecule has 1 fully saturated rings. The molecule has 2 aromatic rings. The molecule has 0 atom stereocenters. The van der Waals surface area contributed by atoms with Crippen molar-refractivity contribution < 1.29 is 0 Å². The number of rotatable bonds is 1. The molecule has 146 valence electrons. The molecule has 0 radical (unpaired) electrons. The van der Waals surface area contributed by atoms with E-state index in [1.807, 2.05) is 46.8 Å². The Morgan fingerprint density at radius 1 is 0.654 bits per heavy atom. The predicted molar refractivity (Wildman–Crippen MR) is 120 cm³/mol.